The highest BCUT2D eigenvalue weighted by Gasteiger charge is 2.16. The maximum absolute atomic E-state index is 12.1. The number of carbonyl (C=O) groups is 1. The highest BCUT2D eigenvalue weighted by atomic mass is 35.5. The Kier molecular flexibility index (Phi) is 3.08. The zero-order valence-corrected chi connectivity index (χ0v) is 11.0. The zero-order chi connectivity index (χ0) is 14.1. The van der Waals surface area contributed by atoms with E-state index in [-0.39, 0.29) is 29.1 Å². The van der Waals surface area contributed by atoms with E-state index in [0.717, 1.165) is 0 Å². The van der Waals surface area contributed by atoms with Crippen molar-refractivity contribution in [3.05, 3.63) is 41.0 Å². The third-order valence-electron chi connectivity index (χ3n) is 2.75. The van der Waals surface area contributed by atoms with Gasteiger partial charge < -0.3 is 20.5 Å². The van der Waals surface area contributed by atoms with E-state index < -0.39 is 0 Å². The van der Waals surface area contributed by atoms with Crippen LogP contribution in [0.1, 0.15) is 10.4 Å². The van der Waals surface area contributed by atoms with Crippen LogP contribution in [0.3, 0.4) is 0 Å². The lowest BCUT2D eigenvalue weighted by Crippen LogP contribution is -2.13. The molecule has 0 unspecified atom stereocenters. The minimum atomic E-state index is -0.372. The third kappa shape index (κ3) is 2.33. The van der Waals surface area contributed by atoms with Gasteiger partial charge in [0, 0.05) is 18.0 Å². The number of nitrogens with two attached hydrogens (primary N) is 1. The van der Waals surface area contributed by atoms with E-state index in [2.05, 4.69) is 10.3 Å². The number of nitrogens with zero attached hydrogens (tertiary/aromatic N) is 1. The molecule has 2 aromatic rings. The number of hydrogen-bond donors (Lipinski definition) is 2. The lowest BCUT2D eigenvalue weighted by atomic mass is 10.2. The van der Waals surface area contributed by atoms with Crippen molar-refractivity contribution < 1.29 is 14.3 Å². The molecule has 1 aromatic heterocycles. The van der Waals surface area contributed by atoms with Gasteiger partial charge in [0.2, 0.25) is 6.79 Å². The predicted molar refractivity (Wildman–Crippen MR) is 74.2 cm³/mol. The fraction of sp³-hybridized carbons (Fsp3) is 0.0769. The number of halogens is 1. The van der Waals surface area contributed by atoms with Crippen LogP contribution in [0.25, 0.3) is 0 Å². The van der Waals surface area contributed by atoms with Gasteiger partial charge >= 0.3 is 0 Å². The van der Waals surface area contributed by atoms with E-state index >= 15 is 0 Å². The normalized spacial score (nSPS) is 12.2. The van der Waals surface area contributed by atoms with Crippen LogP contribution in [0.15, 0.2) is 30.5 Å². The van der Waals surface area contributed by atoms with Crippen molar-refractivity contribution in [2.24, 2.45) is 0 Å². The number of fused-ring (bicyclic) bond motifs is 1. The van der Waals surface area contributed by atoms with Gasteiger partial charge in [-0.3, -0.25) is 4.79 Å². The number of nitrogens with one attached hydrogen (secondary N) is 1. The fourth-order valence-corrected chi connectivity index (χ4v) is 1.99. The largest absolute Gasteiger partial charge is 0.454 e. The molecule has 2 heterocycles. The Morgan fingerprint density at radius 2 is 2.10 bits per heavy atom. The SMILES string of the molecule is Nc1cc(C(=O)Nc2ccc3c(c2)OCO3)c(Cl)cn1. The average Bonchev–Trinajstić information content (AvgIpc) is 2.89. The van der Waals surface area contributed by atoms with Crippen LogP contribution >= 0.6 is 11.6 Å². The Bertz CT molecular complexity index is 691. The minimum absolute atomic E-state index is 0.180. The third-order valence-corrected chi connectivity index (χ3v) is 3.05. The molecule has 102 valence electrons. The molecule has 1 aliphatic heterocycles. The first-order chi connectivity index (χ1) is 9.63. The van der Waals surface area contributed by atoms with Crippen molar-refractivity contribution in [1.29, 1.82) is 0 Å². The molecule has 0 saturated carbocycles. The summed E-state index contributed by atoms with van der Waals surface area (Å²) in [6.45, 7) is 0.180. The van der Waals surface area contributed by atoms with Crippen molar-refractivity contribution in [1.82, 2.24) is 4.98 Å². The maximum atomic E-state index is 12.1. The van der Waals surface area contributed by atoms with E-state index in [9.17, 15) is 4.79 Å². The fourth-order valence-electron chi connectivity index (χ4n) is 1.80. The summed E-state index contributed by atoms with van der Waals surface area (Å²) in [5.41, 5.74) is 6.38. The standard InChI is InChI=1S/C13H10ClN3O3/c14-9-5-16-12(15)4-8(9)13(18)17-7-1-2-10-11(3-7)20-6-19-10/h1-5H,6H2,(H2,15,16)(H,17,18). The number of carbonyl (C=O) groups excluding carboxylic acids is 1. The second-order valence-corrected chi connectivity index (χ2v) is 4.52. The van der Waals surface area contributed by atoms with E-state index in [0.29, 0.717) is 17.2 Å². The lowest BCUT2D eigenvalue weighted by molar-refractivity contribution is 0.102. The molecular weight excluding hydrogens is 282 g/mol. The lowest BCUT2D eigenvalue weighted by Gasteiger charge is -2.07. The summed E-state index contributed by atoms with van der Waals surface area (Å²) in [5.74, 6) is 1.09. The van der Waals surface area contributed by atoms with E-state index in [1.165, 1.54) is 12.3 Å². The molecule has 1 aromatic carbocycles. The molecule has 0 bridgehead atoms. The van der Waals surface area contributed by atoms with Gasteiger partial charge in [-0.25, -0.2) is 4.98 Å². The van der Waals surface area contributed by atoms with Crippen molar-refractivity contribution >= 4 is 29.0 Å². The van der Waals surface area contributed by atoms with Gasteiger partial charge in [0.25, 0.3) is 5.91 Å². The summed E-state index contributed by atoms with van der Waals surface area (Å²) >= 11 is 5.93. The first kappa shape index (κ1) is 12.6. The van der Waals surface area contributed by atoms with Crippen LogP contribution in [0.4, 0.5) is 11.5 Å². The van der Waals surface area contributed by atoms with Gasteiger partial charge in [-0.1, -0.05) is 11.6 Å². The van der Waals surface area contributed by atoms with Crippen LogP contribution in [0.2, 0.25) is 5.02 Å². The number of aromatic nitrogens is 1. The molecular formula is C13H10ClN3O3. The van der Waals surface area contributed by atoms with Gasteiger partial charge in [0.1, 0.15) is 5.82 Å². The first-order valence-corrected chi connectivity index (χ1v) is 6.13. The van der Waals surface area contributed by atoms with Crippen LogP contribution in [0, 0.1) is 0 Å². The smallest absolute Gasteiger partial charge is 0.257 e. The summed E-state index contributed by atoms with van der Waals surface area (Å²) in [5, 5.41) is 2.95. The molecule has 3 rings (SSSR count). The highest BCUT2D eigenvalue weighted by Crippen LogP contribution is 2.34. The van der Waals surface area contributed by atoms with Crippen LogP contribution < -0.4 is 20.5 Å². The summed E-state index contributed by atoms with van der Waals surface area (Å²) in [6, 6.07) is 6.54. The molecule has 1 aliphatic rings. The molecule has 3 N–H and O–H groups in total. The molecule has 6 nitrogen and oxygen atoms in total. The second-order valence-electron chi connectivity index (χ2n) is 4.11. The van der Waals surface area contributed by atoms with Crippen LogP contribution in [-0.4, -0.2) is 17.7 Å². The van der Waals surface area contributed by atoms with Gasteiger partial charge in [0.15, 0.2) is 11.5 Å². The van der Waals surface area contributed by atoms with E-state index in [1.54, 1.807) is 18.2 Å². The summed E-state index contributed by atoms with van der Waals surface area (Å²) in [4.78, 5) is 15.9. The number of hydrogen-bond acceptors (Lipinski definition) is 5. The Hall–Kier alpha value is -2.47. The minimum Gasteiger partial charge on any atom is -0.454 e. The molecule has 0 saturated heterocycles. The number of nitrogen functional groups attached to an aromatic ring is 1. The van der Waals surface area contributed by atoms with Crippen LogP contribution in [-0.2, 0) is 0 Å². The van der Waals surface area contributed by atoms with Crippen molar-refractivity contribution in [3.63, 3.8) is 0 Å². The summed E-state index contributed by atoms with van der Waals surface area (Å²) in [7, 11) is 0. The van der Waals surface area contributed by atoms with Crippen LogP contribution in [0.5, 0.6) is 11.5 Å². The van der Waals surface area contributed by atoms with Gasteiger partial charge in [-0.15, -0.1) is 0 Å². The second kappa shape index (κ2) is 4.90. The summed E-state index contributed by atoms with van der Waals surface area (Å²) < 4.78 is 10.4. The molecule has 0 spiro atoms. The molecule has 1 amide bonds. The Balaban J connectivity index is 1.84. The molecule has 20 heavy (non-hydrogen) atoms. The molecule has 7 heteroatoms. The molecule has 0 atom stereocenters. The van der Waals surface area contributed by atoms with Crippen molar-refractivity contribution in [3.8, 4) is 11.5 Å². The zero-order valence-electron chi connectivity index (χ0n) is 10.2. The molecule has 0 radical (unpaired) electrons. The Morgan fingerprint density at radius 1 is 1.30 bits per heavy atom. The van der Waals surface area contributed by atoms with Gasteiger partial charge in [-0.05, 0) is 18.2 Å². The van der Waals surface area contributed by atoms with Crippen molar-refractivity contribution in [2.75, 3.05) is 17.8 Å². The molecule has 0 fully saturated rings. The first-order valence-electron chi connectivity index (χ1n) is 5.75. The molecule has 0 aliphatic carbocycles. The van der Waals surface area contributed by atoms with Gasteiger partial charge in [-0.2, -0.15) is 0 Å². The topological polar surface area (TPSA) is 86.5 Å². The number of amides is 1. The summed E-state index contributed by atoms with van der Waals surface area (Å²) in [6.07, 6.45) is 1.34. The number of ether oxygens (including phenoxy) is 2. The predicted octanol–water partition coefficient (Wildman–Crippen LogP) is 2.30. The monoisotopic (exact) mass is 291 g/mol. The van der Waals surface area contributed by atoms with E-state index in [1.807, 2.05) is 0 Å². The number of rotatable bonds is 2. The highest BCUT2D eigenvalue weighted by molar-refractivity contribution is 6.34. The average molecular weight is 292 g/mol. The number of pyridine rings is 1. The van der Waals surface area contributed by atoms with E-state index in [4.69, 9.17) is 26.8 Å². The number of anilines is 2. The maximum Gasteiger partial charge on any atom is 0.257 e. The van der Waals surface area contributed by atoms with Gasteiger partial charge in [0.05, 0.1) is 10.6 Å². The quantitative estimate of drug-likeness (QED) is 0.886. The Labute approximate surface area is 119 Å². The Morgan fingerprint density at radius 3 is 2.95 bits per heavy atom. The number of benzene rings is 1. The van der Waals surface area contributed by atoms with Crippen molar-refractivity contribution in [2.45, 2.75) is 0 Å².